The second-order valence-electron chi connectivity index (χ2n) is 4.21. The molecule has 1 aromatic carbocycles. The number of nitrogen functional groups attached to an aromatic ring is 1. The molecule has 102 valence electrons. The molecule has 0 radical (unpaired) electrons. The predicted molar refractivity (Wildman–Crippen MR) is 71.6 cm³/mol. The minimum atomic E-state index is -3.78. The Labute approximate surface area is 107 Å². The van der Waals surface area contributed by atoms with Crippen molar-refractivity contribution < 1.29 is 13.5 Å². The minimum Gasteiger partial charge on any atom is -0.398 e. The van der Waals surface area contributed by atoms with Crippen LogP contribution < -0.4 is 16.2 Å². The molecular weight excluding hydrogens is 254 g/mol. The molecule has 1 rings (SSSR count). The molecule has 0 amide bonds. The van der Waals surface area contributed by atoms with Crippen molar-refractivity contribution in [2.75, 3.05) is 17.7 Å². The quantitative estimate of drug-likeness (QED) is 0.562. The van der Waals surface area contributed by atoms with Crippen LogP contribution in [0.2, 0.25) is 0 Å². The van der Waals surface area contributed by atoms with E-state index in [9.17, 15) is 8.42 Å². The number of anilines is 2. The maximum Gasteiger partial charge on any atom is 0.240 e. The van der Waals surface area contributed by atoms with Crippen LogP contribution in [0.5, 0.6) is 0 Å². The Balaban J connectivity index is 2.79. The molecule has 6 nitrogen and oxygen atoms in total. The highest BCUT2D eigenvalue weighted by Gasteiger charge is 2.12. The molecule has 1 aromatic rings. The lowest BCUT2D eigenvalue weighted by atomic mass is 10.1. The summed E-state index contributed by atoms with van der Waals surface area (Å²) < 4.78 is 22.4. The first-order chi connectivity index (χ1) is 8.34. The number of aliphatic hydroxyl groups excluding tert-OH is 1. The van der Waals surface area contributed by atoms with Crippen molar-refractivity contribution in [3.8, 4) is 0 Å². The van der Waals surface area contributed by atoms with E-state index in [4.69, 9.17) is 16.0 Å². The second kappa shape index (κ2) is 6.03. The highest BCUT2D eigenvalue weighted by atomic mass is 32.2. The van der Waals surface area contributed by atoms with Gasteiger partial charge in [-0.1, -0.05) is 0 Å². The van der Waals surface area contributed by atoms with Gasteiger partial charge in [-0.2, -0.15) is 0 Å². The van der Waals surface area contributed by atoms with Crippen LogP contribution in [0.15, 0.2) is 23.1 Å². The maximum atomic E-state index is 11.2. The maximum absolute atomic E-state index is 11.2. The van der Waals surface area contributed by atoms with Gasteiger partial charge in [0.15, 0.2) is 0 Å². The standard InChI is InChI=1S/C11H19N3O3S/c1-8(3-2-6-15)14-9-4-5-11(10(12)7-9)18(13,16)17/h4-5,7-8,14-15H,2-3,6,12H2,1H3,(H2,13,16,17). The largest absolute Gasteiger partial charge is 0.398 e. The summed E-state index contributed by atoms with van der Waals surface area (Å²) >= 11 is 0. The summed E-state index contributed by atoms with van der Waals surface area (Å²) in [5, 5.41) is 16.9. The van der Waals surface area contributed by atoms with E-state index >= 15 is 0 Å². The Morgan fingerprint density at radius 3 is 2.61 bits per heavy atom. The summed E-state index contributed by atoms with van der Waals surface area (Å²) in [5.74, 6) is 0. The van der Waals surface area contributed by atoms with Crippen molar-refractivity contribution in [3.63, 3.8) is 0 Å². The molecule has 0 bridgehead atoms. The summed E-state index contributed by atoms with van der Waals surface area (Å²) in [5.41, 5.74) is 6.49. The normalized spacial score (nSPS) is 13.3. The Morgan fingerprint density at radius 1 is 1.44 bits per heavy atom. The van der Waals surface area contributed by atoms with Crippen LogP contribution in [0.1, 0.15) is 19.8 Å². The van der Waals surface area contributed by atoms with E-state index in [0.717, 1.165) is 12.1 Å². The first kappa shape index (κ1) is 14.7. The Bertz CT molecular complexity index is 502. The average Bonchev–Trinajstić information content (AvgIpc) is 2.24. The molecule has 0 aromatic heterocycles. The van der Waals surface area contributed by atoms with Gasteiger partial charge in [0.05, 0.1) is 5.69 Å². The van der Waals surface area contributed by atoms with Gasteiger partial charge in [-0.3, -0.25) is 0 Å². The third kappa shape index (κ3) is 4.17. The van der Waals surface area contributed by atoms with Gasteiger partial charge in [0.1, 0.15) is 4.90 Å². The summed E-state index contributed by atoms with van der Waals surface area (Å²) in [6, 6.07) is 4.70. The SMILES string of the molecule is CC(CCCO)Nc1ccc(S(N)(=O)=O)c(N)c1. The summed E-state index contributed by atoms with van der Waals surface area (Å²) in [6.45, 7) is 2.12. The van der Waals surface area contributed by atoms with Gasteiger partial charge in [-0.25, -0.2) is 13.6 Å². The van der Waals surface area contributed by atoms with Gasteiger partial charge in [-0.15, -0.1) is 0 Å². The molecule has 6 N–H and O–H groups in total. The topological polar surface area (TPSA) is 118 Å². The number of sulfonamides is 1. The number of nitrogens with one attached hydrogen (secondary N) is 1. The number of hydrogen-bond acceptors (Lipinski definition) is 5. The molecule has 0 spiro atoms. The van der Waals surface area contributed by atoms with Crippen molar-refractivity contribution in [1.29, 1.82) is 0 Å². The van der Waals surface area contributed by atoms with Crippen LogP contribution in [0.25, 0.3) is 0 Å². The van der Waals surface area contributed by atoms with E-state index in [-0.39, 0.29) is 23.2 Å². The lowest BCUT2D eigenvalue weighted by Gasteiger charge is -2.15. The molecule has 0 heterocycles. The van der Waals surface area contributed by atoms with Crippen molar-refractivity contribution >= 4 is 21.4 Å². The second-order valence-corrected chi connectivity index (χ2v) is 5.74. The van der Waals surface area contributed by atoms with Crippen LogP contribution >= 0.6 is 0 Å². The molecule has 1 unspecified atom stereocenters. The number of hydrogen-bond donors (Lipinski definition) is 4. The van der Waals surface area contributed by atoms with E-state index in [1.807, 2.05) is 6.92 Å². The fourth-order valence-corrected chi connectivity index (χ4v) is 2.30. The molecule has 0 aliphatic rings. The van der Waals surface area contributed by atoms with Gasteiger partial charge < -0.3 is 16.2 Å². The zero-order valence-corrected chi connectivity index (χ0v) is 11.1. The number of nitrogens with two attached hydrogens (primary N) is 2. The highest BCUT2D eigenvalue weighted by Crippen LogP contribution is 2.22. The van der Waals surface area contributed by atoms with E-state index in [1.54, 1.807) is 6.07 Å². The van der Waals surface area contributed by atoms with Gasteiger partial charge in [-0.05, 0) is 38.0 Å². The third-order valence-electron chi connectivity index (χ3n) is 2.52. The minimum absolute atomic E-state index is 0.0731. The van der Waals surface area contributed by atoms with Gasteiger partial charge >= 0.3 is 0 Å². The van der Waals surface area contributed by atoms with Crippen LogP contribution in [0.3, 0.4) is 0 Å². The molecule has 0 fully saturated rings. The summed E-state index contributed by atoms with van der Waals surface area (Å²) in [4.78, 5) is -0.0731. The number of benzene rings is 1. The fraction of sp³-hybridized carbons (Fsp3) is 0.455. The number of aliphatic hydroxyl groups is 1. The Hall–Kier alpha value is -1.31. The molecule has 18 heavy (non-hydrogen) atoms. The summed E-state index contributed by atoms with van der Waals surface area (Å²) in [7, 11) is -3.78. The first-order valence-electron chi connectivity index (χ1n) is 5.64. The van der Waals surface area contributed by atoms with E-state index in [0.29, 0.717) is 6.42 Å². The molecular formula is C11H19N3O3S. The van der Waals surface area contributed by atoms with Crippen LogP contribution in [-0.2, 0) is 10.0 Å². The van der Waals surface area contributed by atoms with Crippen molar-refractivity contribution in [1.82, 2.24) is 0 Å². The lowest BCUT2D eigenvalue weighted by Crippen LogP contribution is -2.17. The number of primary sulfonamides is 1. The van der Waals surface area contributed by atoms with Gasteiger partial charge in [0, 0.05) is 18.3 Å². The van der Waals surface area contributed by atoms with Crippen LogP contribution in [-0.4, -0.2) is 26.2 Å². The zero-order chi connectivity index (χ0) is 13.8. The Kier molecular flexibility index (Phi) is 4.94. The molecule has 7 heteroatoms. The number of rotatable bonds is 6. The van der Waals surface area contributed by atoms with Gasteiger partial charge in [0.2, 0.25) is 10.0 Å². The average molecular weight is 273 g/mol. The molecule has 0 aliphatic heterocycles. The smallest absolute Gasteiger partial charge is 0.240 e. The highest BCUT2D eigenvalue weighted by molar-refractivity contribution is 7.89. The third-order valence-corrected chi connectivity index (χ3v) is 3.51. The van der Waals surface area contributed by atoms with Crippen molar-refractivity contribution in [2.45, 2.75) is 30.7 Å². The molecule has 0 saturated carbocycles. The van der Waals surface area contributed by atoms with Crippen molar-refractivity contribution in [2.24, 2.45) is 5.14 Å². The van der Waals surface area contributed by atoms with Crippen molar-refractivity contribution in [3.05, 3.63) is 18.2 Å². The van der Waals surface area contributed by atoms with Crippen LogP contribution in [0.4, 0.5) is 11.4 Å². The zero-order valence-electron chi connectivity index (χ0n) is 10.3. The monoisotopic (exact) mass is 273 g/mol. The van der Waals surface area contributed by atoms with E-state index < -0.39 is 10.0 Å². The molecule has 0 aliphatic carbocycles. The molecule has 0 saturated heterocycles. The van der Waals surface area contributed by atoms with Crippen LogP contribution in [0, 0.1) is 0 Å². The Morgan fingerprint density at radius 2 is 2.11 bits per heavy atom. The fourth-order valence-electron chi connectivity index (χ4n) is 1.65. The predicted octanol–water partition coefficient (Wildman–Crippen LogP) is 0.489. The lowest BCUT2D eigenvalue weighted by molar-refractivity contribution is 0.282. The summed E-state index contributed by atoms with van der Waals surface area (Å²) in [6.07, 6.45) is 1.52. The van der Waals surface area contributed by atoms with Gasteiger partial charge in [0.25, 0.3) is 0 Å². The van der Waals surface area contributed by atoms with E-state index in [2.05, 4.69) is 5.32 Å². The first-order valence-corrected chi connectivity index (χ1v) is 7.19. The van der Waals surface area contributed by atoms with E-state index in [1.165, 1.54) is 12.1 Å². The molecule has 1 atom stereocenters.